The van der Waals surface area contributed by atoms with E-state index in [4.69, 9.17) is 8.60 Å². The number of carbonyl (C=O) groups excluding carboxylic acids is 2. The Morgan fingerprint density at radius 2 is 1.61 bits per heavy atom. The van der Waals surface area contributed by atoms with Gasteiger partial charge in [-0.1, -0.05) is 83.3 Å². The lowest BCUT2D eigenvalue weighted by Gasteiger charge is -2.20. The highest BCUT2D eigenvalue weighted by atomic mass is 32.2. The van der Waals surface area contributed by atoms with Crippen LogP contribution in [0.2, 0.25) is 0 Å². The SMILES string of the molecule is CC(=O)OSc1ccc2oc(SCCCCCCCCC(=O)Nc3c(C(C)C)cccc3C(C)C)nc2c1. The number of unbranched alkanes of at least 4 members (excludes halogenated alkanes) is 5. The van der Waals surface area contributed by atoms with Crippen LogP contribution in [0.3, 0.4) is 0 Å². The number of para-hydroxylation sites is 1. The molecule has 0 saturated carbocycles. The Labute approximate surface area is 235 Å². The molecule has 1 amide bonds. The summed E-state index contributed by atoms with van der Waals surface area (Å²) in [7, 11) is 0. The van der Waals surface area contributed by atoms with Gasteiger partial charge < -0.3 is 13.9 Å². The average Bonchev–Trinajstić information content (AvgIpc) is 3.28. The third kappa shape index (κ3) is 9.38. The number of hydrogen-bond donors (Lipinski definition) is 1. The molecule has 206 valence electrons. The van der Waals surface area contributed by atoms with E-state index in [-0.39, 0.29) is 11.9 Å². The Balaban J connectivity index is 1.30. The number of anilines is 1. The van der Waals surface area contributed by atoms with Crippen LogP contribution in [0.4, 0.5) is 5.69 Å². The molecule has 0 unspecified atom stereocenters. The molecular weight excluding hydrogens is 516 g/mol. The van der Waals surface area contributed by atoms with E-state index >= 15 is 0 Å². The molecule has 1 N–H and O–H groups in total. The molecule has 1 heterocycles. The van der Waals surface area contributed by atoms with Crippen LogP contribution in [0.15, 0.2) is 50.9 Å². The van der Waals surface area contributed by atoms with E-state index in [1.165, 1.54) is 24.5 Å². The van der Waals surface area contributed by atoms with Crippen molar-refractivity contribution < 1.29 is 18.2 Å². The quantitative estimate of drug-likeness (QED) is 0.114. The first-order chi connectivity index (χ1) is 18.2. The van der Waals surface area contributed by atoms with Crippen LogP contribution < -0.4 is 5.32 Å². The molecule has 3 aromatic rings. The van der Waals surface area contributed by atoms with E-state index in [0.29, 0.717) is 23.5 Å². The maximum atomic E-state index is 12.7. The van der Waals surface area contributed by atoms with Crippen LogP contribution in [-0.2, 0) is 13.8 Å². The number of nitrogens with one attached hydrogen (secondary N) is 1. The van der Waals surface area contributed by atoms with Crippen LogP contribution in [0, 0.1) is 0 Å². The number of aromatic nitrogens is 1. The largest absolute Gasteiger partial charge is 0.431 e. The minimum atomic E-state index is -0.333. The average molecular weight is 557 g/mol. The molecule has 0 fully saturated rings. The van der Waals surface area contributed by atoms with Crippen LogP contribution in [0.1, 0.15) is 103 Å². The second-order valence-corrected chi connectivity index (χ2v) is 12.0. The van der Waals surface area contributed by atoms with Gasteiger partial charge in [-0.3, -0.25) is 9.59 Å². The highest BCUT2D eigenvalue weighted by molar-refractivity contribution is 7.99. The predicted molar refractivity (Wildman–Crippen MR) is 158 cm³/mol. The number of nitrogens with zero attached hydrogens (tertiary/aromatic N) is 1. The smallest absolute Gasteiger partial charge is 0.315 e. The van der Waals surface area contributed by atoms with E-state index in [1.807, 2.05) is 18.2 Å². The van der Waals surface area contributed by atoms with Crippen molar-refractivity contribution >= 4 is 52.5 Å². The van der Waals surface area contributed by atoms with Crippen molar-refractivity contribution in [1.29, 1.82) is 0 Å². The lowest BCUT2D eigenvalue weighted by molar-refractivity contribution is -0.130. The van der Waals surface area contributed by atoms with Crippen molar-refractivity contribution in [2.45, 2.75) is 102 Å². The number of rotatable bonds is 15. The van der Waals surface area contributed by atoms with Crippen LogP contribution in [-0.4, -0.2) is 22.6 Å². The zero-order valence-electron chi connectivity index (χ0n) is 23.2. The second-order valence-electron chi connectivity index (χ2n) is 10.2. The summed E-state index contributed by atoms with van der Waals surface area (Å²) in [4.78, 5) is 29.0. The van der Waals surface area contributed by atoms with Crippen LogP contribution in [0.5, 0.6) is 0 Å². The minimum absolute atomic E-state index is 0.117. The monoisotopic (exact) mass is 556 g/mol. The van der Waals surface area contributed by atoms with Gasteiger partial charge >= 0.3 is 5.97 Å². The third-order valence-corrected chi connectivity index (χ3v) is 7.93. The summed E-state index contributed by atoms with van der Waals surface area (Å²) in [6.45, 7) is 10.1. The summed E-state index contributed by atoms with van der Waals surface area (Å²) in [5, 5.41) is 3.89. The van der Waals surface area contributed by atoms with Gasteiger partial charge in [-0.05, 0) is 54.0 Å². The fraction of sp³-hybridized carbons (Fsp3) is 0.500. The molecule has 0 spiro atoms. The normalized spacial score (nSPS) is 11.4. The topological polar surface area (TPSA) is 81.4 Å². The first-order valence-electron chi connectivity index (χ1n) is 13.6. The van der Waals surface area contributed by atoms with Crippen LogP contribution in [0.25, 0.3) is 11.1 Å². The van der Waals surface area contributed by atoms with E-state index in [2.05, 4.69) is 56.2 Å². The molecule has 1 aromatic heterocycles. The molecule has 0 aliphatic carbocycles. The van der Waals surface area contributed by atoms with Gasteiger partial charge in [0.1, 0.15) is 5.52 Å². The molecule has 3 rings (SSSR count). The van der Waals surface area contributed by atoms with Crippen molar-refractivity contribution in [2.24, 2.45) is 0 Å². The van der Waals surface area contributed by atoms with Gasteiger partial charge in [-0.25, -0.2) is 4.98 Å². The fourth-order valence-electron chi connectivity index (χ4n) is 4.26. The van der Waals surface area contributed by atoms with Gasteiger partial charge in [0.05, 0.1) is 16.9 Å². The van der Waals surface area contributed by atoms with Crippen molar-refractivity contribution in [3.8, 4) is 0 Å². The zero-order valence-corrected chi connectivity index (χ0v) is 24.8. The number of carbonyl (C=O) groups is 2. The lowest BCUT2D eigenvalue weighted by atomic mass is 9.92. The summed E-state index contributed by atoms with van der Waals surface area (Å²) in [6.07, 6.45) is 7.12. The van der Waals surface area contributed by atoms with E-state index < -0.39 is 0 Å². The number of amides is 1. The molecule has 0 radical (unpaired) electrons. The standard InChI is InChI=1S/C30H40N2O4S2/c1-20(2)24-13-12-14-25(21(3)4)29(24)32-28(34)15-10-8-6-7-9-11-18-37-30-31-26-19-23(38-36-22(5)33)16-17-27(26)35-30/h12-14,16-17,19-21H,6-11,15,18H2,1-5H3,(H,32,34). The van der Waals surface area contributed by atoms with Gasteiger partial charge in [0.25, 0.3) is 5.22 Å². The molecule has 0 saturated heterocycles. The molecule has 38 heavy (non-hydrogen) atoms. The molecule has 6 nitrogen and oxygen atoms in total. The highest BCUT2D eigenvalue weighted by Crippen LogP contribution is 2.33. The zero-order chi connectivity index (χ0) is 27.5. The van der Waals surface area contributed by atoms with Crippen molar-refractivity contribution in [2.75, 3.05) is 11.1 Å². The van der Waals surface area contributed by atoms with E-state index in [1.54, 1.807) is 11.8 Å². The number of oxazole rings is 1. The first kappa shape index (κ1) is 30.1. The van der Waals surface area contributed by atoms with Crippen LogP contribution >= 0.6 is 23.8 Å². The molecule has 0 atom stereocenters. The Morgan fingerprint density at radius 1 is 0.947 bits per heavy atom. The van der Waals surface area contributed by atoms with E-state index in [9.17, 15) is 9.59 Å². The summed E-state index contributed by atoms with van der Waals surface area (Å²) in [5.41, 5.74) is 4.94. The van der Waals surface area contributed by atoms with Gasteiger partial charge in [0, 0.05) is 24.8 Å². The van der Waals surface area contributed by atoms with Gasteiger partial charge in [-0.15, -0.1) is 0 Å². The van der Waals surface area contributed by atoms with Crippen molar-refractivity contribution in [3.63, 3.8) is 0 Å². The maximum absolute atomic E-state index is 12.7. The molecule has 8 heteroatoms. The molecule has 2 aromatic carbocycles. The maximum Gasteiger partial charge on any atom is 0.315 e. The number of fused-ring (bicyclic) bond motifs is 1. The summed E-state index contributed by atoms with van der Waals surface area (Å²) in [6, 6.07) is 11.9. The van der Waals surface area contributed by atoms with Crippen molar-refractivity contribution in [1.82, 2.24) is 4.98 Å². The van der Waals surface area contributed by atoms with Gasteiger partial charge in [0.2, 0.25) is 5.91 Å². The Kier molecular flexibility index (Phi) is 12.1. The number of thioether (sulfide) groups is 1. The van der Waals surface area contributed by atoms with Gasteiger partial charge in [0.15, 0.2) is 5.58 Å². The number of benzene rings is 2. The highest BCUT2D eigenvalue weighted by Gasteiger charge is 2.16. The second kappa shape index (κ2) is 15.2. The number of hydrogen-bond acceptors (Lipinski definition) is 7. The molecule has 0 aliphatic heterocycles. The molecule has 0 aliphatic rings. The van der Waals surface area contributed by atoms with E-state index in [0.717, 1.165) is 71.6 Å². The first-order valence-corrected chi connectivity index (χ1v) is 15.3. The summed E-state index contributed by atoms with van der Waals surface area (Å²) >= 11 is 2.66. The lowest BCUT2D eigenvalue weighted by Crippen LogP contribution is -2.15. The Morgan fingerprint density at radius 3 is 2.26 bits per heavy atom. The molecular formula is C30H40N2O4S2. The predicted octanol–water partition coefficient (Wildman–Crippen LogP) is 9.11. The summed E-state index contributed by atoms with van der Waals surface area (Å²) < 4.78 is 10.8. The van der Waals surface area contributed by atoms with Crippen molar-refractivity contribution in [3.05, 3.63) is 47.5 Å². The Bertz CT molecular complexity index is 1180. The third-order valence-electron chi connectivity index (χ3n) is 6.26. The molecule has 0 bridgehead atoms. The summed E-state index contributed by atoms with van der Waals surface area (Å²) in [5.74, 6) is 1.48. The fourth-order valence-corrected chi connectivity index (χ4v) is 5.59. The minimum Gasteiger partial charge on any atom is -0.431 e. The Hall–Kier alpha value is -2.45. The van der Waals surface area contributed by atoms with Gasteiger partial charge in [-0.2, -0.15) is 0 Å².